The number of carbonyl (C=O) groups is 1. The number of nitrogens with zero attached hydrogens (tertiary/aromatic N) is 3. The zero-order chi connectivity index (χ0) is 20.7. The van der Waals surface area contributed by atoms with E-state index in [1.54, 1.807) is 7.11 Å². The molecule has 1 aromatic carbocycles. The van der Waals surface area contributed by atoms with Gasteiger partial charge in [0.05, 0.1) is 18.8 Å². The lowest BCUT2D eigenvalue weighted by Gasteiger charge is -2.26. The van der Waals surface area contributed by atoms with Crippen LogP contribution in [0, 0.1) is 19.8 Å². The van der Waals surface area contributed by atoms with Crippen LogP contribution in [0.4, 0.5) is 4.79 Å². The number of ether oxygens (including phenoxy) is 1. The minimum atomic E-state index is -0.165. The molecule has 2 N–H and O–H groups in total. The van der Waals surface area contributed by atoms with Gasteiger partial charge in [0.2, 0.25) is 0 Å². The third-order valence-corrected chi connectivity index (χ3v) is 4.78. The first-order valence-electron chi connectivity index (χ1n) is 9.64. The number of urea groups is 1. The average Bonchev–Trinajstić information content (AvgIpc) is 2.97. The molecule has 0 bridgehead atoms. The molecule has 1 aromatic heterocycles. The molecule has 28 heavy (non-hydrogen) atoms. The Hall–Kier alpha value is -2.54. The summed E-state index contributed by atoms with van der Waals surface area (Å²) in [4.78, 5) is 14.4. The molecule has 0 saturated carbocycles. The Labute approximate surface area is 168 Å². The molecule has 0 aliphatic heterocycles. The fourth-order valence-corrected chi connectivity index (χ4v) is 3.25. The maximum Gasteiger partial charge on any atom is 0.314 e. The molecule has 0 saturated heterocycles. The van der Waals surface area contributed by atoms with Crippen LogP contribution in [-0.2, 0) is 6.54 Å². The third-order valence-electron chi connectivity index (χ3n) is 4.78. The minimum absolute atomic E-state index is 0.0222. The summed E-state index contributed by atoms with van der Waals surface area (Å²) in [5.41, 5.74) is 3.20. The number of aromatic nitrogens is 2. The van der Waals surface area contributed by atoms with Crippen LogP contribution in [0.5, 0.6) is 5.75 Å². The highest BCUT2D eigenvalue weighted by molar-refractivity contribution is 5.73. The number of rotatable bonds is 9. The summed E-state index contributed by atoms with van der Waals surface area (Å²) in [5.74, 6) is 1.10. The second-order valence-electron chi connectivity index (χ2n) is 7.53. The number of hydrogen-bond acceptors (Lipinski definition) is 4. The molecule has 2 aromatic rings. The molecule has 0 aliphatic carbocycles. The van der Waals surface area contributed by atoms with Crippen LogP contribution in [0.2, 0.25) is 0 Å². The lowest BCUT2D eigenvalue weighted by atomic mass is 10.0. The predicted molar refractivity (Wildman–Crippen MR) is 112 cm³/mol. The number of amides is 2. The number of hydrogen-bond donors (Lipinski definition) is 2. The van der Waals surface area contributed by atoms with Gasteiger partial charge in [0.25, 0.3) is 0 Å². The maximum absolute atomic E-state index is 12.3. The van der Waals surface area contributed by atoms with Crippen molar-refractivity contribution in [2.75, 3.05) is 34.3 Å². The van der Waals surface area contributed by atoms with Crippen molar-refractivity contribution < 1.29 is 9.53 Å². The van der Waals surface area contributed by atoms with Gasteiger partial charge in [0, 0.05) is 30.9 Å². The standard InChI is InChI=1S/C21H33N5O2/c1-15(14-26-17(3)11-16(2)24-26)12-22-21(27)23-13-19(25(4)5)18-9-7-8-10-20(18)28-6/h7-11,15,19H,12-14H2,1-6H3,(H2,22,23,27). The van der Waals surface area contributed by atoms with Gasteiger partial charge in [0.15, 0.2) is 0 Å². The van der Waals surface area contributed by atoms with Crippen LogP contribution in [0.3, 0.4) is 0 Å². The lowest BCUT2D eigenvalue weighted by molar-refractivity contribution is 0.229. The molecule has 0 spiro atoms. The number of benzene rings is 1. The molecule has 7 nitrogen and oxygen atoms in total. The Morgan fingerprint density at radius 1 is 1.21 bits per heavy atom. The van der Waals surface area contributed by atoms with Crippen molar-refractivity contribution in [2.24, 2.45) is 5.92 Å². The number of para-hydroxylation sites is 1. The van der Waals surface area contributed by atoms with Crippen molar-refractivity contribution in [3.8, 4) is 5.75 Å². The highest BCUT2D eigenvalue weighted by atomic mass is 16.5. The molecule has 0 fully saturated rings. The van der Waals surface area contributed by atoms with E-state index in [0.29, 0.717) is 13.1 Å². The van der Waals surface area contributed by atoms with Gasteiger partial charge in [-0.3, -0.25) is 4.68 Å². The second kappa shape index (κ2) is 10.1. The van der Waals surface area contributed by atoms with E-state index in [2.05, 4.69) is 33.6 Å². The monoisotopic (exact) mass is 387 g/mol. The summed E-state index contributed by atoms with van der Waals surface area (Å²) in [6.07, 6.45) is 0. The van der Waals surface area contributed by atoms with Gasteiger partial charge in [-0.25, -0.2) is 4.79 Å². The smallest absolute Gasteiger partial charge is 0.314 e. The largest absolute Gasteiger partial charge is 0.496 e. The molecule has 2 amide bonds. The van der Waals surface area contributed by atoms with Crippen LogP contribution in [0.1, 0.15) is 29.9 Å². The molecule has 2 atom stereocenters. The van der Waals surface area contributed by atoms with E-state index in [1.165, 1.54) is 0 Å². The van der Waals surface area contributed by atoms with Gasteiger partial charge in [-0.2, -0.15) is 5.10 Å². The number of methoxy groups -OCH3 is 1. The van der Waals surface area contributed by atoms with Crippen LogP contribution in [-0.4, -0.2) is 55.0 Å². The average molecular weight is 388 g/mol. The number of aryl methyl sites for hydroxylation is 2. The van der Waals surface area contributed by atoms with Crippen molar-refractivity contribution >= 4 is 6.03 Å². The quantitative estimate of drug-likeness (QED) is 0.694. The summed E-state index contributed by atoms with van der Waals surface area (Å²) in [5, 5.41) is 10.4. The van der Waals surface area contributed by atoms with Crippen molar-refractivity contribution in [3.63, 3.8) is 0 Å². The van der Waals surface area contributed by atoms with Crippen LogP contribution in [0.15, 0.2) is 30.3 Å². The molecular weight excluding hydrogens is 354 g/mol. The molecule has 0 aliphatic rings. The van der Waals surface area contributed by atoms with Gasteiger partial charge < -0.3 is 20.3 Å². The second-order valence-corrected chi connectivity index (χ2v) is 7.53. The lowest BCUT2D eigenvalue weighted by Crippen LogP contribution is -2.42. The molecule has 154 valence electrons. The Balaban J connectivity index is 1.85. The molecule has 1 heterocycles. The van der Waals surface area contributed by atoms with Gasteiger partial charge >= 0.3 is 6.03 Å². The highest BCUT2D eigenvalue weighted by Gasteiger charge is 2.19. The zero-order valence-electron chi connectivity index (χ0n) is 17.8. The summed E-state index contributed by atoms with van der Waals surface area (Å²) >= 11 is 0. The van der Waals surface area contributed by atoms with Crippen molar-refractivity contribution in [1.82, 2.24) is 25.3 Å². The van der Waals surface area contributed by atoms with E-state index in [4.69, 9.17) is 4.74 Å². The fraction of sp³-hybridized carbons (Fsp3) is 0.524. The van der Waals surface area contributed by atoms with E-state index in [-0.39, 0.29) is 18.0 Å². The topological polar surface area (TPSA) is 71.4 Å². The highest BCUT2D eigenvalue weighted by Crippen LogP contribution is 2.27. The third kappa shape index (κ3) is 5.99. The minimum Gasteiger partial charge on any atom is -0.496 e. The Morgan fingerprint density at radius 3 is 2.50 bits per heavy atom. The van der Waals surface area contributed by atoms with Crippen molar-refractivity contribution in [1.29, 1.82) is 0 Å². The van der Waals surface area contributed by atoms with Crippen molar-refractivity contribution in [2.45, 2.75) is 33.4 Å². The van der Waals surface area contributed by atoms with Crippen LogP contribution in [0.25, 0.3) is 0 Å². The van der Waals surface area contributed by atoms with Gasteiger partial charge in [-0.1, -0.05) is 25.1 Å². The summed E-state index contributed by atoms with van der Waals surface area (Å²) in [6, 6.07) is 9.81. The number of nitrogens with one attached hydrogen (secondary N) is 2. The normalized spacial score (nSPS) is 13.2. The summed E-state index contributed by atoms with van der Waals surface area (Å²) in [7, 11) is 5.65. The van der Waals surface area contributed by atoms with E-state index >= 15 is 0 Å². The van der Waals surface area contributed by atoms with E-state index in [9.17, 15) is 4.79 Å². The van der Waals surface area contributed by atoms with Crippen molar-refractivity contribution in [3.05, 3.63) is 47.3 Å². The summed E-state index contributed by atoms with van der Waals surface area (Å²) < 4.78 is 7.46. The number of likely N-dealkylation sites (N-methyl/N-ethyl adjacent to an activating group) is 1. The Kier molecular flexibility index (Phi) is 7.87. The van der Waals surface area contributed by atoms with Gasteiger partial charge in [-0.15, -0.1) is 0 Å². The van der Waals surface area contributed by atoms with E-state index < -0.39 is 0 Å². The van der Waals surface area contributed by atoms with Gasteiger partial charge in [0.1, 0.15) is 5.75 Å². The van der Waals surface area contributed by atoms with Gasteiger partial charge in [-0.05, 0) is 46.0 Å². The Morgan fingerprint density at radius 2 is 1.89 bits per heavy atom. The zero-order valence-corrected chi connectivity index (χ0v) is 17.8. The molecule has 2 rings (SSSR count). The number of carbonyl (C=O) groups excluding carboxylic acids is 1. The SMILES string of the molecule is COc1ccccc1C(CNC(=O)NCC(C)Cn1nc(C)cc1C)N(C)C. The first-order chi connectivity index (χ1) is 13.3. The Bertz CT molecular complexity index is 772. The van der Waals surface area contributed by atoms with Crippen LogP contribution < -0.4 is 15.4 Å². The molecule has 7 heteroatoms. The predicted octanol–water partition coefficient (Wildman–Crippen LogP) is 2.75. The summed E-state index contributed by atoms with van der Waals surface area (Å²) in [6.45, 7) is 8.00. The fourth-order valence-electron chi connectivity index (χ4n) is 3.25. The van der Waals surface area contributed by atoms with Crippen LogP contribution >= 0.6 is 0 Å². The molecular formula is C21H33N5O2. The maximum atomic E-state index is 12.3. The first kappa shape index (κ1) is 21.8. The van der Waals surface area contributed by atoms with E-state index in [1.807, 2.05) is 56.9 Å². The van der Waals surface area contributed by atoms with E-state index in [0.717, 1.165) is 29.2 Å². The first-order valence-corrected chi connectivity index (χ1v) is 9.64. The molecule has 0 radical (unpaired) electrons. The molecule has 2 unspecified atom stereocenters.